The first-order chi connectivity index (χ1) is 10.2. The molecule has 6 heteroatoms. The maximum atomic E-state index is 11.9. The van der Waals surface area contributed by atoms with Gasteiger partial charge in [-0.3, -0.25) is 4.79 Å². The minimum atomic E-state index is -1.03. The van der Waals surface area contributed by atoms with Crippen LogP contribution >= 0.6 is 0 Å². The zero-order valence-corrected chi connectivity index (χ0v) is 12.0. The summed E-state index contributed by atoms with van der Waals surface area (Å²) in [4.78, 5) is 28.7. The van der Waals surface area contributed by atoms with Gasteiger partial charge >= 0.3 is 5.97 Å². The molecule has 0 unspecified atom stereocenters. The molecule has 1 saturated heterocycles. The summed E-state index contributed by atoms with van der Waals surface area (Å²) in [5.74, 6) is -0.841. The highest BCUT2D eigenvalue weighted by Gasteiger charge is 2.15. The smallest absolute Gasteiger partial charge is 0.354 e. The second-order valence-corrected chi connectivity index (χ2v) is 5.19. The number of nitrogens with one attached hydrogen (secondary N) is 1. The largest absolute Gasteiger partial charge is 0.477 e. The first kappa shape index (κ1) is 15.4. The lowest BCUT2D eigenvalue weighted by Gasteiger charge is -2.26. The maximum Gasteiger partial charge on any atom is 0.354 e. The molecule has 0 radical (unpaired) electrons. The minimum Gasteiger partial charge on any atom is -0.477 e. The molecule has 1 aromatic heterocycles. The van der Waals surface area contributed by atoms with Crippen LogP contribution in [-0.4, -0.2) is 46.5 Å². The van der Waals surface area contributed by atoms with E-state index in [4.69, 9.17) is 5.11 Å². The first-order valence-electron chi connectivity index (χ1n) is 7.34. The molecule has 1 aliphatic heterocycles. The number of carbonyl (C=O) groups excluding carboxylic acids is 1. The fourth-order valence-corrected chi connectivity index (χ4v) is 2.41. The van der Waals surface area contributed by atoms with Crippen LogP contribution in [-0.2, 0) is 11.3 Å². The molecule has 2 rings (SSSR count). The predicted octanol–water partition coefficient (Wildman–Crippen LogP) is 1.27. The van der Waals surface area contributed by atoms with Crippen LogP contribution in [0.25, 0.3) is 0 Å². The summed E-state index contributed by atoms with van der Waals surface area (Å²) in [5, 5.41) is 12.0. The van der Waals surface area contributed by atoms with E-state index in [1.54, 1.807) is 12.1 Å². The minimum absolute atomic E-state index is 0.0405. The molecule has 0 aliphatic carbocycles. The van der Waals surface area contributed by atoms with Crippen LogP contribution in [0.5, 0.6) is 0 Å². The van der Waals surface area contributed by atoms with E-state index in [1.165, 1.54) is 12.5 Å². The van der Waals surface area contributed by atoms with Crippen LogP contribution in [0.3, 0.4) is 0 Å². The summed E-state index contributed by atoms with van der Waals surface area (Å²) >= 11 is 0. The third-order valence-electron chi connectivity index (χ3n) is 3.56. The molecular weight excluding hydrogens is 270 g/mol. The topological polar surface area (TPSA) is 82.5 Å². The average Bonchev–Trinajstić information content (AvgIpc) is 2.52. The molecule has 0 aromatic carbocycles. The number of carboxylic acids is 1. The fourth-order valence-electron chi connectivity index (χ4n) is 2.41. The summed E-state index contributed by atoms with van der Waals surface area (Å²) in [5.41, 5.74) is 0.707. The number of rotatable bonds is 6. The van der Waals surface area contributed by atoms with E-state index in [-0.39, 0.29) is 11.6 Å². The van der Waals surface area contributed by atoms with Gasteiger partial charge in [-0.2, -0.15) is 0 Å². The summed E-state index contributed by atoms with van der Waals surface area (Å²) in [6.45, 7) is 2.80. The van der Waals surface area contributed by atoms with Crippen molar-refractivity contribution in [3.8, 4) is 0 Å². The molecule has 1 aliphatic rings. The molecule has 0 bridgehead atoms. The van der Waals surface area contributed by atoms with E-state index in [0.717, 1.165) is 25.9 Å². The molecule has 1 amide bonds. The summed E-state index contributed by atoms with van der Waals surface area (Å²) in [6.07, 6.45) is 3.89. The van der Waals surface area contributed by atoms with Crippen molar-refractivity contribution in [2.24, 2.45) is 0 Å². The lowest BCUT2D eigenvalue weighted by molar-refractivity contribution is -0.131. The van der Waals surface area contributed by atoms with Crippen LogP contribution in [0.4, 0.5) is 0 Å². The van der Waals surface area contributed by atoms with Crippen molar-refractivity contribution in [1.29, 1.82) is 0 Å². The number of hydrogen-bond donors (Lipinski definition) is 2. The Balaban J connectivity index is 1.70. The third-order valence-corrected chi connectivity index (χ3v) is 3.56. The van der Waals surface area contributed by atoms with Gasteiger partial charge in [0.25, 0.3) is 0 Å². The molecule has 0 atom stereocenters. The Morgan fingerprint density at radius 3 is 2.71 bits per heavy atom. The molecule has 0 spiro atoms. The third kappa shape index (κ3) is 4.82. The zero-order valence-electron chi connectivity index (χ0n) is 12.0. The van der Waals surface area contributed by atoms with Crippen LogP contribution in [0, 0.1) is 0 Å². The highest BCUT2D eigenvalue weighted by atomic mass is 16.4. The van der Waals surface area contributed by atoms with Gasteiger partial charge < -0.3 is 15.3 Å². The van der Waals surface area contributed by atoms with E-state index >= 15 is 0 Å². The SMILES string of the molecule is O=C(O)c1cccc(CNCCC(=O)N2CCCCC2)n1. The van der Waals surface area contributed by atoms with Gasteiger partial charge in [0.2, 0.25) is 5.91 Å². The molecule has 1 aromatic rings. The van der Waals surface area contributed by atoms with Gasteiger partial charge in [0.1, 0.15) is 5.69 Å². The van der Waals surface area contributed by atoms with Gasteiger partial charge in [0.05, 0.1) is 5.69 Å². The van der Waals surface area contributed by atoms with E-state index in [2.05, 4.69) is 10.3 Å². The van der Waals surface area contributed by atoms with E-state index < -0.39 is 5.97 Å². The molecule has 2 heterocycles. The number of hydrogen-bond acceptors (Lipinski definition) is 4. The highest BCUT2D eigenvalue weighted by molar-refractivity contribution is 5.85. The van der Waals surface area contributed by atoms with Gasteiger partial charge in [0, 0.05) is 32.6 Å². The summed E-state index contributed by atoms with van der Waals surface area (Å²) in [7, 11) is 0. The normalized spacial score (nSPS) is 15.0. The average molecular weight is 291 g/mol. The van der Waals surface area contributed by atoms with Crippen molar-refractivity contribution < 1.29 is 14.7 Å². The maximum absolute atomic E-state index is 11.9. The number of carboxylic acid groups (broad SMARTS) is 1. The monoisotopic (exact) mass is 291 g/mol. The van der Waals surface area contributed by atoms with Crippen molar-refractivity contribution >= 4 is 11.9 Å². The zero-order chi connectivity index (χ0) is 15.1. The number of aromatic carboxylic acids is 1. The molecule has 1 fully saturated rings. The van der Waals surface area contributed by atoms with Crippen LogP contribution in [0.15, 0.2) is 18.2 Å². The predicted molar refractivity (Wildman–Crippen MR) is 78.0 cm³/mol. The Hall–Kier alpha value is -1.95. The van der Waals surface area contributed by atoms with Gasteiger partial charge in [0.15, 0.2) is 0 Å². The lowest BCUT2D eigenvalue weighted by Crippen LogP contribution is -2.37. The number of likely N-dealkylation sites (tertiary alicyclic amines) is 1. The van der Waals surface area contributed by atoms with Gasteiger partial charge in [-0.1, -0.05) is 6.07 Å². The van der Waals surface area contributed by atoms with E-state index in [0.29, 0.717) is 25.2 Å². The summed E-state index contributed by atoms with van der Waals surface area (Å²) in [6, 6.07) is 4.91. The highest BCUT2D eigenvalue weighted by Crippen LogP contribution is 2.09. The Bertz CT molecular complexity index is 499. The number of piperidine rings is 1. The Morgan fingerprint density at radius 2 is 2.00 bits per heavy atom. The van der Waals surface area contributed by atoms with Crippen LogP contribution in [0.1, 0.15) is 41.9 Å². The van der Waals surface area contributed by atoms with Crippen LogP contribution in [0.2, 0.25) is 0 Å². The molecule has 2 N–H and O–H groups in total. The lowest BCUT2D eigenvalue weighted by atomic mass is 10.1. The van der Waals surface area contributed by atoms with Gasteiger partial charge in [-0.25, -0.2) is 9.78 Å². The molecule has 114 valence electrons. The number of carbonyl (C=O) groups is 2. The summed E-state index contributed by atoms with van der Waals surface area (Å²) < 4.78 is 0. The molecule has 6 nitrogen and oxygen atoms in total. The van der Waals surface area contributed by atoms with E-state index in [1.807, 2.05) is 4.90 Å². The first-order valence-corrected chi connectivity index (χ1v) is 7.34. The number of pyridine rings is 1. The van der Waals surface area contributed by atoms with Gasteiger partial charge in [-0.15, -0.1) is 0 Å². The van der Waals surface area contributed by atoms with Crippen molar-refractivity contribution in [3.63, 3.8) is 0 Å². The Kier molecular flexibility index (Phi) is 5.68. The second-order valence-electron chi connectivity index (χ2n) is 5.19. The molecule has 0 saturated carbocycles. The number of aromatic nitrogens is 1. The fraction of sp³-hybridized carbons (Fsp3) is 0.533. The standard InChI is InChI=1S/C15H21N3O3/c19-14(18-9-2-1-3-10-18)7-8-16-11-12-5-4-6-13(17-12)15(20)21/h4-6,16H,1-3,7-11H2,(H,20,21). The Labute approximate surface area is 124 Å². The van der Waals surface area contributed by atoms with Crippen molar-refractivity contribution in [3.05, 3.63) is 29.6 Å². The van der Waals surface area contributed by atoms with Gasteiger partial charge in [-0.05, 0) is 31.4 Å². The number of nitrogens with zero attached hydrogens (tertiary/aromatic N) is 2. The molecule has 21 heavy (non-hydrogen) atoms. The van der Waals surface area contributed by atoms with E-state index in [9.17, 15) is 9.59 Å². The van der Waals surface area contributed by atoms with Crippen molar-refractivity contribution in [2.75, 3.05) is 19.6 Å². The molecular formula is C15H21N3O3. The quantitative estimate of drug-likeness (QED) is 0.771. The van der Waals surface area contributed by atoms with Crippen LogP contribution < -0.4 is 5.32 Å². The van der Waals surface area contributed by atoms with Crippen molar-refractivity contribution in [2.45, 2.75) is 32.2 Å². The van der Waals surface area contributed by atoms with Crippen molar-refractivity contribution in [1.82, 2.24) is 15.2 Å². The Morgan fingerprint density at radius 1 is 1.24 bits per heavy atom. The second kappa shape index (κ2) is 7.73. The number of amides is 1.